The Morgan fingerprint density at radius 2 is 0.788 bits per heavy atom. The summed E-state index contributed by atoms with van der Waals surface area (Å²) in [4.78, 5) is 2.06. The normalized spacial score (nSPS) is 10.7. The number of thiocarbonyl (C=S) groups is 2. The molecule has 4 rings (SSSR count). The molecule has 0 unspecified atom stereocenters. The third-order valence-corrected chi connectivity index (χ3v) is 7.44. The lowest BCUT2D eigenvalue weighted by molar-refractivity contribution is 1.29. The highest BCUT2D eigenvalue weighted by atomic mass is 32.2. The smallest absolute Gasteiger partial charge is 0.0232 e. The van der Waals surface area contributed by atoms with Crippen molar-refractivity contribution in [3.8, 4) is 22.3 Å². The summed E-state index contributed by atoms with van der Waals surface area (Å²) in [6.07, 6.45) is 1.84. The summed E-state index contributed by atoms with van der Waals surface area (Å²) in [5.74, 6) is 2.05. The lowest BCUT2D eigenvalue weighted by atomic mass is 10.0. The van der Waals surface area contributed by atoms with Gasteiger partial charge in [-0.25, -0.2) is 0 Å². The Kier molecular flexibility index (Phi) is 8.59. The first-order valence-electron chi connectivity index (χ1n) is 11.2. The van der Waals surface area contributed by atoms with Crippen LogP contribution in [0.25, 0.3) is 22.3 Å². The van der Waals surface area contributed by atoms with Crippen molar-refractivity contribution in [1.29, 1.82) is 0 Å². The minimum atomic E-state index is 0.920. The Bertz CT molecular complexity index is 1080. The molecule has 0 aliphatic heterocycles. The van der Waals surface area contributed by atoms with Crippen molar-refractivity contribution in [2.75, 3.05) is 11.5 Å². The van der Waals surface area contributed by atoms with Gasteiger partial charge in [0.15, 0.2) is 0 Å². The topological polar surface area (TPSA) is 0 Å². The molecule has 0 saturated carbocycles. The Balaban J connectivity index is 1.19. The fourth-order valence-corrected chi connectivity index (χ4v) is 5.31. The number of hydrogen-bond acceptors (Lipinski definition) is 3. The second kappa shape index (κ2) is 12.0. The molecule has 0 aliphatic carbocycles. The van der Waals surface area contributed by atoms with E-state index < -0.39 is 0 Å². The quantitative estimate of drug-likeness (QED) is 0.126. The average molecular weight is 483 g/mol. The van der Waals surface area contributed by atoms with Crippen LogP contribution >= 0.6 is 36.2 Å². The summed E-state index contributed by atoms with van der Waals surface area (Å²) in [5.41, 5.74) is 7.22. The molecule has 0 saturated heterocycles. The standard InChI is InChI=1S/C30H26S3/c31-29(27-15-11-25(12-16-27)23-7-3-1-4-8-23)19-21-33-22-20-30(32)28-17-13-26(14-18-28)24-9-5-2-6-10-24/h1-18H,19-22H2. The van der Waals surface area contributed by atoms with Gasteiger partial charge in [-0.05, 0) is 57.7 Å². The van der Waals surface area contributed by atoms with Crippen molar-refractivity contribution < 1.29 is 0 Å². The predicted octanol–water partition coefficient (Wildman–Crippen LogP) is 8.67. The fourth-order valence-electron chi connectivity index (χ4n) is 3.68. The maximum Gasteiger partial charge on any atom is 0.0232 e. The lowest BCUT2D eigenvalue weighted by Crippen LogP contribution is -2.02. The molecule has 0 heterocycles. The van der Waals surface area contributed by atoms with Gasteiger partial charge in [0.1, 0.15) is 0 Å². The maximum absolute atomic E-state index is 5.67. The molecule has 0 spiro atoms. The first-order chi connectivity index (χ1) is 16.2. The Morgan fingerprint density at radius 3 is 1.15 bits per heavy atom. The summed E-state index contributed by atoms with van der Waals surface area (Å²) < 4.78 is 0. The summed E-state index contributed by atoms with van der Waals surface area (Å²) in [6, 6.07) is 38.1. The van der Waals surface area contributed by atoms with Gasteiger partial charge >= 0.3 is 0 Å². The Hall–Kier alpha value is -2.59. The Labute approximate surface area is 212 Å². The van der Waals surface area contributed by atoms with Crippen LogP contribution in [0.15, 0.2) is 109 Å². The van der Waals surface area contributed by atoms with Crippen LogP contribution in [0, 0.1) is 0 Å². The maximum atomic E-state index is 5.67. The fraction of sp³-hybridized carbons (Fsp3) is 0.133. The van der Waals surface area contributed by atoms with E-state index >= 15 is 0 Å². The van der Waals surface area contributed by atoms with E-state index in [4.69, 9.17) is 24.4 Å². The van der Waals surface area contributed by atoms with Crippen molar-refractivity contribution in [3.05, 3.63) is 120 Å². The van der Waals surface area contributed by atoms with Gasteiger partial charge in [-0.15, -0.1) is 0 Å². The molecular weight excluding hydrogens is 457 g/mol. The molecule has 33 heavy (non-hydrogen) atoms. The van der Waals surface area contributed by atoms with E-state index in [1.54, 1.807) is 0 Å². The summed E-state index contributed by atoms with van der Waals surface area (Å²) in [7, 11) is 0. The molecule has 0 aromatic heterocycles. The molecule has 4 aromatic rings. The summed E-state index contributed by atoms with van der Waals surface area (Å²) >= 11 is 13.3. The van der Waals surface area contributed by atoms with Gasteiger partial charge in [0.2, 0.25) is 0 Å². The molecule has 0 fully saturated rings. The van der Waals surface area contributed by atoms with Gasteiger partial charge < -0.3 is 0 Å². The van der Waals surface area contributed by atoms with E-state index in [1.165, 1.54) is 22.3 Å². The van der Waals surface area contributed by atoms with Crippen molar-refractivity contribution in [2.24, 2.45) is 0 Å². The molecule has 0 aliphatic rings. The van der Waals surface area contributed by atoms with Crippen LogP contribution in [0.4, 0.5) is 0 Å². The van der Waals surface area contributed by atoms with E-state index in [-0.39, 0.29) is 0 Å². The third-order valence-electron chi connectivity index (χ3n) is 5.57. The van der Waals surface area contributed by atoms with Crippen molar-refractivity contribution in [2.45, 2.75) is 12.8 Å². The number of benzene rings is 4. The van der Waals surface area contributed by atoms with Crippen molar-refractivity contribution >= 4 is 45.9 Å². The molecule has 0 radical (unpaired) electrons. The van der Waals surface area contributed by atoms with Gasteiger partial charge in [0.05, 0.1) is 0 Å². The van der Waals surface area contributed by atoms with Crippen LogP contribution in [-0.2, 0) is 0 Å². The predicted molar refractivity (Wildman–Crippen MR) is 154 cm³/mol. The molecule has 0 amide bonds. The minimum Gasteiger partial charge on any atom is -0.161 e. The number of rotatable bonds is 10. The van der Waals surface area contributed by atoms with Crippen LogP contribution < -0.4 is 0 Å². The average Bonchev–Trinajstić information content (AvgIpc) is 2.89. The number of hydrogen-bond donors (Lipinski definition) is 0. The van der Waals surface area contributed by atoms with Gasteiger partial charge in [-0.2, -0.15) is 11.8 Å². The van der Waals surface area contributed by atoms with Gasteiger partial charge in [0, 0.05) is 9.73 Å². The van der Waals surface area contributed by atoms with E-state index in [1.807, 2.05) is 23.9 Å². The second-order valence-corrected chi connectivity index (χ2v) is 10.1. The van der Waals surface area contributed by atoms with Crippen LogP contribution in [0.5, 0.6) is 0 Å². The molecule has 0 atom stereocenters. The molecular formula is C30H26S3. The van der Waals surface area contributed by atoms with Crippen LogP contribution in [-0.4, -0.2) is 21.2 Å². The highest BCUT2D eigenvalue weighted by molar-refractivity contribution is 7.99. The van der Waals surface area contributed by atoms with Crippen LogP contribution in [0.2, 0.25) is 0 Å². The third kappa shape index (κ3) is 6.70. The largest absolute Gasteiger partial charge is 0.161 e. The first kappa shape index (κ1) is 23.6. The molecule has 0 bridgehead atoms. The zero-order chi connectivity index (χ0) is 22.9. The zero-order valence-electron chi connectivity index (χ0n) is 18.4. The molecule has 0 nitrogen and oxygen atoms in total. The summed E-state index contributed by atoms with van der Waals surface area (Å²) in [6.45, 7) is 0. The van der Waals surface area contributed by atoms with E-state index in [9.17, 15) is 0 Å². The minimum absolute atomic E-state index is 0.920. The molecule has 4 aromatic carbocycles. The van der Waals surface area contributed by atoms with Crippen molar-refractivity contribution in [3.63, 3.8) is 0 Å². The summed E-state index contributed by atoms with van der Waals surface area (Å²) in [5, 5.41) is 0. The van der Waals surface area contributed by atoms with Gasteiger partial charge in [-0.1, -0.05) is 134 Å². The van der Waals surface area contributed by atoms with Crippen LogP contribution in [0.3, 0.4) is 0 Å². The van der Waals surface area contributed by atoms with Crippen molar-refractivity contribution in [1.82, 2.24) is 0 Å². The van der Waals surface area contributed by atoms with E-state index in [0.29, 0.717) is 0 Å². The van der Waals surface area contributed by atoms with Gasteiger partial charge in [0.25, 0.3) is 0 Å². The molecule has 3 heteroatoms. The highest BCUT2D eigenvalue weighted by Gasteiger charge is 2.05. The molecule has 164 valence electrons. The zero-order valence-corrected chi connectivity index (χ0v) is 20.9. The Morgan fingerprint density at radius 1 is 0.455 bits per heavy atom. The van der Waals surface area contributed by atoms with Gasteiger partial charge in [-0.3, -0.25) is 0 Å². The van der Waals surface area contributed by atoms with Crippen LogP contribution in [0.1, 0.15) is 24.0 Å². The monoisotopic (exact) mass is 482 g/mol. The van der Waals surface area contributed by atoms with E-state index in [2.05, 4.69) is 97.1 Å². The lowest BCUT2D eigenvalue weighted by Gasteiger charge is -2.08. The number of thioether (sulfide) groups is 1. The highest BCUT2D eigenvalue weighted by Crippen LogP contribution is 2.22. The molecule has 0 N–H and O–H groups in total. The second-order valence-electron chi connectivity index (χ2n) is 7.85. The van der Waals surface area contributed by atoms with E-state index in [0.717, 1.165) is 45.2 Å². The SMILES string of the molecule is S=C(CCSCCC(=S)c1ccc(-c2ccccc2)cc1)c1ccc(-c2ccccc2)cc1. The first-order valence-corrected chi connectivity index (χ1v) is 13.1.